The summed E-state index contributed by atoms with van der Waals surface area (Å²) in [4.78, 5) is 12.0. The predicted molar refractivity (Wildman–Crippen MR) is 64.9 cm³/mol. The molecule has 2 nitrogen and oxygen atoms in total. The Labute approximate surface area is 98.2 Å². The quantitative estimate of drug-likeness (QED) is 0.880. The fourth-order valence-corrected chi connectivity index (χ4v) is 2.39. The minimum Gasteiger partial charge on any atom is -0.481 e. The van der Waals surface area contributed by atoms with E-state index in [-0.39, 0.29) is 6.42 Å². The first-order valence-corrected chi connectivity index (χ1v) is 5.94. The van der Waals surface area contributed by atoms with E-state index in [1.165, 1.54) is 4.88 Å². The van der Waals surface area contributed by atoms with Crippen molar-refractivity contribution in [3.8, 4) is 0 Å². The third kappa shape index (κ3) is 2.70. The van der Waals surface area contributed by atoms with Crippen LogP contribution in [-0.2, 0) is 17.6 Å². The third-order valence-corrected chi connectivity index (χ3v) is 3.28. The summed E-state index contributed by atoms with van der Waals surface area (Å²) in [5.41, 5.74) is 2.01. The lowest BCUT2D eigenvalue weighted by molar-refractivity contribution is -0.136. The topological polar surface area (TPSA) is 37.3 Å². The third-order valence-electron chi connectivity index (χ3n) is 2.40. The molecule has 0 saturated heterocycles. The Kier molecular flexibility index (Phi) is 3.37. The molecule has 2 aromatic rings. The van der Waals surface area contributed by atoms with Crippen molar-refractivity contribution < 1.29 is 9.90 Å². The largest absolute Gasteiger partial charge is 0.481 e. The van der Waals surface area contributed by atoms with Gasteiger partial charge in [-0.15, -0.1) is 11.3 Å². The molecule has 0 aliphatic rings. The number of aliphatic carboxylic acids is 1. The molecule has 0 aliphatic carbocycles. The van der Waals surface area contributed by atoms with Gasteiger partial charge in [0, 0.05) is 11.3 Å². The first-order valence-electron chi connectivity index (χ1n) is 5.06. The van der Waals surface area contributed by atoms with E-state index in [0.717, 1.165) is 17.5 Å². The standard InChI is InChI=1S/C13H12O2S/c14-13(15)9-11-5-2-1-4-10(11)8-12-6-3-7-16-12/h1-7H,8-9H2,(H,14,15). The molecule has 1 aromatic heterocycles. The first kappa shape index (κ1) is 10.9. The van der Waals surface area contributed by atoms with Crippen LogP contribution < -0.4 is 0 Å². The van der Waals surface area contributed by atoms with Crippen LogP contribution in [0.5, 0.6) is 0 Å². The van der Waals surface area contributed by atoms with Gasteiger partial charge in [-0.3, -0.25) is 4.79 Å². The van der Waals surface area contributed by atoms with Gasteiger partial charge in [-0.1, -0.05) is 30.3 Å². The van der Waals surface area contributed by atoms with Crippen LogP contribution in [0.15, 0.2) is 41.8 Å². The van der Waals surface area contributed by atoms with Crippen molar-refractivity contribution in [3.05, 3.63) is 57.8 Å². The van der Waals surface area contributed by atoms with Gasteiger partial charge in [-0.05, 0) is 22.6 Å². The Hall–Kier alpha value is -1.61. The number of carbonyl (C=O) groups is 1. The molecule has 0 bridgehead atoms. The average molecular weight is 232 g/mol. The van der Waals surface area contributed by atoms with E-state index < -0.39 is 5.97 Å². The molecule has 3 heteroatoms. The first-order chi connectivity index (χ1) is 7.75. The zero-order valence-electron chi connectivity index (χ0n) is 8.72. The molecule has 1 heterocycles. The fraction of sp³-hybridized carbons (Fsp3) is 0.154. The molecule has 82 valence electrons. The monoisotopic (exact) mass is 232 g/mol. The highest BCUT2D eigenvalue weighted by Crippen LogP contribution is 2.18. The molecule has 0 fully saturated rings. The number of carboxylic acid groups (broad SMARTS) is 1. The minimum absolute atomic E-state index is 0.0988. The van der Waals surface area contributed by atoms with E-state index in [0.29, 0.717) is 0 Å². The Balaban J connectivity index is 2.22. The molecule has 16 heavy (non-hydrogen) atoms. The molecule has 0 amide bonds. The molecule has 1 N–H and O–H groups in total. The van der Waals surface area contributed by atoms with Crippen LogP contribution in [0.1, 0.15) is 16.0 Å². The molecule has 0 spiro atoms. The van der Waals surface area contributed by atoms with Crippen molar-refractivity contribution in [2.75, 3.05) is 0 Å². The fourth-order valence-electron chi connectivity index (χ4n) is 1.67. The van der Waals surface area contributed by atoms with Crippen molar-refractivity contribution in [2.45, 2.75) is 12.8 Å². The maximum Gasteiger partial charge on any atom is 0.307 e. The zero-order chi connectivity index (χ0) is 11.4. The maximum atomic E-state index is 10.7. The van der Waals surface area contributed by atoms with Gasteiger partial charge in [0.2, 0.25) is 0 Å². The second kappa shape index (κ2) is 4.94. The Bertz CT molecular complexity index is 474. The number of thiophene rings is 1. The summed E-state index contributed by atoms with van der Waals surface area (Å²) in [5, 5.41) is 10.9. The molecule has 0 saturated carbocycles. The number of carboxylic acids is 1. The summed E-state index contributed by atoms with van der Waals surface area (Å²) in [7, 11) is 0. The average Bonchev–Trinajstić information content (AvgIpc) is 2.73. The highest BCUT2D eigenvalue weighted by molar-refractivity contribution is 7.09. The SMILES string of the molecule is O=C(O)Cc1ccccc1Cc1cccs1. The summed E-state index contributed by atoms with van der Waals surface area (Å²) < 4.78 is 0. The lowest BCUT2D eigenvalue weighted by Gasteiger charge is -2.05. The Morgan fingerprint density at radius 3 is 2.50 bits per heavy atom. The van der Waals surface area contributed by atoms with Crippen LogP contribution in [-0.4, -0.2) is 11.1 Å². The van der Waals surface area contributed by atoms with Crippen molar-refractivity contribution in [1.82, 2.24) is 0 Å². The van der Waals surface area contributed by atoms with E-state index in [4.69, 9.17) is 5.11 Å². The lowest BCUT2D eigenvalue weighted by Crippen LogP contribution is -2.03. The van der Waals surface area contributed by atoms with Crippen LogP contribution in [0.3, 0.4) is 0 Å². The number of hydrogen-bond donors (Lipinski definition) is 1. The van der Waals surface area contributed by atoms with Gasteiger partial charge in [-0.2, -0.15) is 0 Å². The molecular formula is C13H12O2S. The molecule has 0 atom stereocenters. The van der Waals surface area contributed by atoms with Gasteiger partial charge in [-0.25, -0.2) is 0 Å². The van der Waals surface area contributed by atoms with Crippen LogP contribution in [0.2, 0.25) is 0 Å². The zero-order valence-corrected chi connectivity index (χ0v) is 9.54. The highest BCUT2D eigenvalue weighted by atomic mass is 32.1. The molecule has 0 aliphatic heterocycles. The van der Waals surface area contributed by atoms with Crippen molar-refractivity contribution in [2.24, 2.45) is 0 Å². The maximum absolute atomic E-state index is 10.7. The molecule has 1 aromatic carbocycles. The number of benzene rings is 1. The van der Waals surface area contributed by atoms with E-state index in [1.807, 2.05) is 35.7 Å². The highest BCUT2D eigenvalue weighted by Gasteiger charge is 2.06. The van der Waals surface area contributed by atoms with Gasteiger partial charge >= 0.3 is 5.97 Å². The van der Waals surface area contributed by atoms with Gasteiger partial charge in [0.1, 0.15) is 0 Å². The van der Waals surface area contributed by atoms with E-state index in [1.54, 1.807) is 11.3 Å². The van der Waals surface area contributed by atoms with E-state index in [2.05, 4.69) is 6.07 Å². The normalized spacial score (nSPS) is 10.2. The van der Waals surface area contributed by atoms with Gasteiger partial charge in [0.25, 0.3) is 0 Å². The Morgan fingerprint density at radius 2 is 1.88 bits per heavy atom. The van der Waals surface area contributed by atoms with E-state index >= 15 is 0 Å². The number of hydrogen-bond acceptors (Lipinski definition) is 2. The summed E-state index contributed by atoms with van der Waals surface area (Å²) in [5.74, 6) is -0.779. The van der Waals surface area contributed by atoms with Crippen LogP contribution in [0.4, 0.5) is 0 Å². The van der Waals surface area contributed by atoms with Crippen molar-refractivity contribution in [3.63, 3.8) is 0 Å². The minimum atomic E-state index is -0.779. The Morgan fingerprint density at radius 1 is 1.12 bits per heavy atom. The van der Waals surface area contributed by atoms with Crippen molar-refractivity contribution in [1.29, 1.82) is 0 Å². The lowest BCUT2D eigenvalue weighted by atomic mass is 10.0. The van der Waals surface area contributed by atoms with Crippen LogP contribution in [0.25, 0.3) is 0 Å². The summed E-state index contributed by atoms with van der Waals surface area (Å²) in [6.07, 6.45) is 0.919. The van der Waals surface area contributed by atoms with Gasteiger partial charge in [0.15, 0.2) is 0 Å². The molecular weight excluding hydrogens is 220 g/mol. The predicted octanol–water partition coefficient (Wildman–Crippen LogP) is 2.97. The summed E-state index contributed by atoms with van der Waals surface area (Å²) in [6.45, 7) is 0. The number of rotatable bonds is 4. The van der Waals surface area contributed by atoms with Crippen molar-refractivity contribution >= 4 is 17.3 Å². The van der Waals surface area contributed by atoms with E-state index in [9.17, 15) is 4.79 Å². The van der Waals surface area contributed by atoms with Crippen LogP contribution in [0, 0.1) is 0 Å². The summed E-state index contributed by atoms with van der Waals surface area (Å²) >= 11 is 1.70. The second-order valence-corrected chi connectivity index (χ2v) is 4.63. The molecule has 2 rings (SSSR count). The smallest absolute Gasteiger partial charge is 0.307 e. The van der Waals surface area contributed by atoms with Crippen LogP contribution >= 0.6 is 11.3 Å². The molecule has 0 radical (unpaired) electrons. The molecule has 0 unspecified atom stereocenters. The summed E-state index contributed by atoms with van der Waals surface area (Å²) in [6, 6.07) is 11.8. The second-order valence-electron chi connectivity index (χ2n) is 3.60. The van der Waals surface area contributed by atoms with Gasteiger partial charge < -0.3 is 5.11 Å². The van der Waals surface area contributed by atoms with Gasteiger partial charge in [0.05, 0.1) is 6.42 Å².